The number of nitro groups is 2. The molecule has 0 N–H and O–H groups in total. The number of hydrogen-bond acceptors (Lipinski definition) is 6. The highest BCUT2D eigenvalue weighted by molar-refractivity contribution is 7.19. The Hall–Kier alpha value is -3.36. The predicted molar refractivity (Wildman–Crippen MR) is 115 cm³/mol. The van der Waals surface area contributed by atoms with Crippen molar-refractivity contribution in [3.8, 4) is 32.0 Å². The molecule has 2 aromatic carbocycles. The summed E-state index contributed by atoms with van der Waals surface area (Å²) in [4.78, 5) is 23.2. The zero-order chi connectivity index (χ0) is 20.1. The molecule has 1 aliphatic rings. The number of fused-ring (bicyclic) bond motifs is 3. The fourth-order valence-corrected chi connectivity index (χ4v) is 5.59. The number of nitrogens with zero attached hydrogens (tertiary/aromatic N) is 2. The fraction of sp³-hybridized carbons (Fsp3) is 0.0476. The van der Waals surface area contributed by atoms with Crippen LogP contribution in [0.3, 0.4) is 0 Å². The zero-order valence-corrected chi connectivity index (χ0v) is 16.5. The van der Waals surface area contributed by atoms with Gasteiger partial charge in [-0.3, -0.25) is 20.2 Å². The summed E-state index contributed by atoms with van der Waals surface area (Å²) in [7, 11) is 0. The van der Waals surface area contributed by atoms with E-state index in [-0.39, 0.29) is 14.9 Å². The van der Waals surface area contributed by atoms with E-state index in [9.17, 15) is 20.2 Å². The second-order valence-corrected chi connectivity index (χ2v) is 8.76. The molecule has 0 saturated heterocycles. The molecule has 4 aromatic rings. The molecular weight excluding hydrogens is 408 g/mol. The second-order valence-electron chi connectivity index (χ2n) is 6.64. The van der Waals surface area contributed by atoms with Crippen LogP contribution in [0, 0.1) is 20.2 Å². The van der Waals surface area contributed by atoms with Crippen molar-refractivity contribution in [2.75, 3.05) is 0 Å². The van der Waals surface area contributed by atoms with E-state index in [0.717, 1.165) is 61.1 Å². The highest BCUT2D eigenvalue weighted by Crippen LogP contribution is 2.49. The maximum Gasteiger partial charge on any atom is 0.324 e. The Morgan fingerprint density at radius 3 is 2.00 bits per heavy atom. The van der Waals surface area contributed by atoms with Crippen LogP contribution >= 0.6 is 22.7 Å². The van der Waals surface area contributed by atoms with Crippen LogP contribution < -0.4 is 0 Å². The van der Waals surface area contributed by atoms with Crippen molar-refractivity contribution in [1.29, 1.82) is 0 Å². The van der Waals surface area contributed by atoms with Gasteiger partial charge in [-0.15, -0.1) is 0 Å². The molecule has 0 bridgehead atoms. The quantitative estimate of drug-likeness (QED) is 0.244. The van der Waals surface area contributed by atoms with E-state index in [4.69, 9.17) is 0 Å². The minimum atomic E-state index is -0.396. The van der Waals surface area contributed by atoms with Gasteiger partial charge in [0.25, 0.3) is 0 Å². The SMILES string of the molecule is O=[N+]([O-])c1ccc(-c2ccc3c(c2-c2ccc([N+](=O)[O-])s2)Cc2ccccc2-3)s1. The standard InChI is InChI=1S/C21H12N2O4S2/c24-22(25)19-9-7-17(28-19)15-6-5-14-13-4-2-1-3-12(13)11-16(14)21(15)18-8-10-20(29-18)23(26)27/h1-10H,11H2. The topological polar surface area (TPSA) is 86.3 Å². The van der Waals surface area contributed by atoms with Gasteiger partial charge >= 0.3 is 10.0 Å². The molecule has 142 valence electrons. The summed E-state index contributed by atoms with van der Waals surface area (Å²) in [5.41, 5.74) is 6.39. The summed E-state index contributed by atoms with van der Waals surface area (Å²) in [6, 6.07) is 18.7. The zero-order valence-electron chi connectivity index (χ0n) is 14.8. The van der Waals surface area contributed by atoms with Crippen LogP contribution in [0.15, 0.2) is 60.7 Å². The molecule has 29 heavy (non-hydrogen) atoms. The molecule has 0 amide bonds. The molecule has 0 unspecified atom stereocenters. The average molecular weight is 420 g/mol. The lowest BCUT2D eigenvalue weighted by atomic mass is 9.94. The normalized spacial score (nSPS) is 11.9. The van der Waals surface area contributed by atoms with Crippen molar-refractivity contribution < 1.29 is 9.85 Å². The first-order valence-corrected chi connectivity index (χ1v) is 10.4. The van der Waals surface area contributed by atoms with Gasteiger partial charge in [-0.2, -0.15) is 0 Å². The molecule has 0 fully saturated rings. The van der Waals surface area contributed by atoms with Gasteiger partial charge in [0.2, 0.25) is 0 Å². The van der Waals surface area contributed by atoms with Gasteiger partial charge in [0.05, 0.1) is 9.85 Å². The van der Waals surface area contributed by atoms with E-state index < -0.39 is 4.92 Å². The van der Waals surface area contributed by atoms with E-state index in [0.29, 0.717) is 0 Å². The Kier molecular flexibility index (Phi) is 4.04. The number of thiophene rings is 2. The molecule has 5 rings (SSSR count). The largest absolute Gasteiger partial charge is 0.324 e. The molecule has 8 heteroatoms. The Balaban J connectivity index is 1.76. The van der Waals surface area contributed by atoms with Crippen LogP contribution in [0.2, 0.25) is 0 Å². The van der Waals surface area contributed by atoms with Crippen molar-refractivity contribution in [3.63, 3.8) is 0 Å². The maximum absolute atomic E-state index is 11.2. The third kappa shape index (κ3) is 2.84. The summed E-state index contributed by atoms with van der Waals surface area (Å²) >= 11 is 2.25. The number of benzene rings is 2. The lowest BCUT2D eigenvalue weighted by molar-refractivity contribution is -0.380. The average Bonchev–Trinajstić information content (AvgIpc) is 3.44. The molecule has 2 heterocycles. The van der Waals surface area contributed by atoms with Gasteiger partial charge in [-0.05, 0) is 40.8 Å². The Bertz CT molecular complexity index is 1310. The van der Waals surface area contributed by atoms with Gasteiger partial charge in [0.15, 0.2) is 0 Å². The van der Waals surface area contributed by atoms with Crippen molar-refractivity contribution in [1.82, 2.24) is 0 Å². The van der Waals surface area contributed by atoms with Gasteiger partial charge in [0.1, 0.15) is 0 Å². The second kappa shape index (κ2) is 6.61. The van der Waals surface area contributed by atoms with Gasteiger partial charge < -0.3 is 0 Å². The van der Waals surface area contributed by atoms with Crippen LogP contribution in [0.25, 0.3) is 32.0 Å². The monoisotopic (exact) mass is 420 g/mol. The maximum atomic E-state index is 11.2. The Labute approximate surface area is 173 Å². The predicted octanol–water partition coefficient (Wildman–Crippen LogP) is 6.53. The third-order valence-corrected chi connectivity index (χ3v) is 7.17. The van der Waals surface area contributed by atoms with E-state index >= 15 is 0 Å². The number of hydrogen-bond donors (Lipinski definition) is 0. The first-order valence-electron chi connectivity index (χ1n) is 8.76. The van der Waals surface area contributed by atoms with Crippen LogP contribution in [0.4, 0.5) is 10.0 Å². The Morgan fingerprint density at radius 1 is 0.690 bits per heavy atom. The first kappa shape index (κ1) is 17.7. The molecule has 0 aliphatic heterocycles. The first-order chi connectivity index (χ1) is 14.0. The molecule has 0 spiro atoms. The molecule has 2 aromatic heterocycles. The summed E-state index contributed by atoms with van der Waals surface area (Å²) < 4.78 is 0. The molecule has 6 nitrogen and oxygen atoms in total. The number of rotatable bonds is 4. The van der Waals surface area contributed by atoms with E-state index in [1.807, 2.05) is 24.3 Å². The van der Waals surface area contributed by atoms with Crippen LogP contribution in [0.1, 0.15) is 11.1 Å². The van der Waals surface area contributed by atoms with Crippen molar-refractivity contribution in [3.05, 3.63) is 92.0 Å². The molecule has 1 aliphatic carbocycles. The summed E-state index contributed by atoms with van der Waals surface area (Å²) in [6.45, 7) is 0. The highest BCUT2D eigenvalue weighted by Gasteiger charge is 2.27. The molecule has 0 atom stereocenters. The van der Waals surface area contributed by atoms with Crippen LogP contribution in [0.5, 0.6) is 0 Å². The lowest BCUT2D eigenvalue weighted by Gasteiger charge is -2.12. The summed E-state index contributed by atoms with van der Waals surface area (Å²) in [5, 5.41) is 22.5. The van der Waals surface area contributed by atoms with Gasteiger partial charge in [-0.25, -0.2) is 0 Å². The summed E-state index contributed by atoms with van der Waals surface area (Å²) in [5.74, 6) is 0. The minimum absolute atomic E-state index is 0.0758. The molecular formula is C21H12N2O4S2. The van der Waals surface area contributed by atoms with Crippen molar-refractivity contribution in [2.45, 2.75) is 6.42 Å². The smallest absolute Gasteiger partial charge is 0.258 e. The van der Waals surface area contributed by atoms with E-state index in [2.05, 4.69) is 12.1 Å². The summed E-state index contributed by atoms with van der Waals surface area (Å²) in [6.07, 6.45) is 0.730. The van der Waals surface area contributed by atoms with Gasteiger partial charge in [-0.1, -0.05) is 59.1 Å². The Morgan fingerprint density at radius 2 is 1.31 bits per heavy atom. The fourth-order valence-electron chi connectivity index (χ4n) is 3.83. The third-order valence-electron chi connectivity index (χ3n) is 5.04. The van der Waals surface area contributed by atoms with E-state index in [1.54, 1.807) is 12.1 Å². The lowest BCUT2D eigenvalue weighted by Crippen LogP contribution is -1.90. The van der Waals surface area contributed by atoms with Gasteiger partial charge in [0, 0.05) is 33.0 Å². The van der Waals surface area contributed by atoms with E-state index in [1.165, 1.54) is 23.3 Å². The molecule has 0 radical (unpaired) electrons. The van der Waals surface area contributed by atoms with Crippen molar-refractivity contribution in [2.24, 2.45) is 0 Å². The molecule has 0 saturated carbocycles. The highest BCUT2D eigenvalue weighted by atomic mass is 32.1. The van der Waals surface area contributed by atoms with Crippen LogP contribution in [-0.4, -0.2) is 9.85 Å². The van der Waals surface area contributed by atoms with Crippen molar-refractivity contribution >= 4 is 32.7 Å². The minimum Gasteiger partial charge on any atom is -0.258 e. The van der Waals surface area contributed by atoms with Crippen LogP contribution in [-0.2, 0) is 6.42 Å².